The molecule has 1 rings (SSSR count). The van der Waals surface area contributed by atoms with E-state index in [1.54, 1.807) is 0 Å². The maximum Gasteiger partial charge on any atom is 0.0243 e. The summed E-state index contributed by atoms with van der Waals surface area (Å²) < 4.78 is 0. The van der Waals surface area contributed by atoms with Crippen molar-refractivity contribution in [2.75, 3.05) is 26.2 Å². The average molecular weight is 212 g/mol. The van der Waals surface area contributed by atoms with Crippen molar-refractivity contribution in [3.63, 3.8) is 0 Å². The molecule has 0 bridgehead atoms. The van der Waals surface area contributed by atoms with E-state index in [4.69, 9.17) is 0 Å². The number of rotatable bonds is 5. The highest BCUT2D eigenvalue weighted by Crippen LogP contribution is 2.21. The van der Waals surface area contributed by atoms with Gasteiger partial charge < -0.3 is 10.2 Å². The molecule has 0 aromatic rings. The first-order valence-electron chi connectivity index (χ1n) is 6.49. The van der Waals surface area contributed by atoms with Gasteiger partial charge in [0, 0.05) is 12.6 Å². The SMILES string of the molecule is CCCNC(CN1CCCC1)C(C)(C)C. The molecular formula is C13H28N2. The predicted molar refractivity (Wildman–Crippen MR) is 67.2 cm³/mol. The monoisotopic (exact) mass is 212 g/mol. The normalized spacial score (nSPS) is 20.8. The van der Waals surface area contributed by atoms with Crippen LogP contribution in [-0.4, -0.2) is 37.1 Å². The summed E-state index contributed by atoms with van der Waals surface area (Å²) >= 11 is 0. The Morgan fingerprint density at radius 3 is 2.27 bits per heavy atom. The molecule has 1 unspecified atom stereocenters. The molecule has 0 saturated carbocycles. The molecule has 0 radical (unpaired) electrons. The van der Waals surface area contributed by atoms with E-state index in [-0.39, 0.29) is 0 Å². The Morgan fingerprint density at radius 1 is 1.20 bits per heavy atom. The summed E-state index contributed by atoms with van der Waals surface area (Å²) in [5.41, 5.74) is 0.373. The summed E-state index contributed by atoms with van der Waals surface area (Å²) in [5.74, 6) is 0. The zero-order valence-electron chi connectivity index (χ0n) is 11.0. The fraction of sp³-hybridized carbons (Fsp3) is 1.00. The summed E-state index contributed by atoms with van der Waals surface area (Å²) in [4.78, 5) is 2.61. The second kappa shape index (κ2) is 5.86. The van der Waals surface area contributed by atoms with Crippen molar-refractivity contribution in [3.05, 3.63) is 0 Å². The topological polar surface area (TPSA) is 15.3 Å². The van der Waals surface area contributed by atoms with Gasteiger partial charge in [0.25, 0.3) is 0 Å². The Bertz CT molecular complexity index is 166. The first kappa shape index (κ1) is 13.0. The predicted octanol–water partition coefficient (Wildman–Crippen LogP) is 2.50. The molecule has 1 N–H and O–H groups in total. The Hall–Kier alpha value is -0.0800. The maximum atomic E-state index is 3.69. The number of nitrogens with zero attached hydrogens (tertiary/aromatic N) is 1. The lowest BCUT2D eigenvalue weighted by Crippen LogP contribution is -2.48. The molecule has 0 aromatic heterocycles. The van der Waals surface area contributed by atoms with Gasteiger partial charge in [0.05, 0.1) is 0 Å². The van der Waals surface area contributed by atoms with E-state index in [2.05, 4.69) is 37.9 Å². The van der Waals surface area contributed by atoms with Crippen LogP contribution in [0.4, 0.5) is 0 Å². The molecule has 1 aliphatic heterocycles. The highest BCUT2D eigenvalue weighted by atomic mass is 15.2. The van der Waals surface area contributed by atoms with Crippen molar-refractivity contribution in [2.24, 2.45) is 5.41 Å². The van der Waals surface area contributed by atoms with Gasteiger partial charge in [0.2, 0.25) is 0 Å². The highest BCUT2D eigenvalue weighted by Gasteiger charge is 2.26. The van der Waals surface area contributed by atoms with E-state index < -0.39 is 0 Å². The summed E-state index contributed by atoms with van der Waals surface area (Å²) in [6.45, 7) is 14.3. The molecule has 0 aliphatic carbocycles. The zero-order chi connectivity index (χ0) is 11.3. The second-order valence-electron chi connectivity index (χ2n) is 5.88. The van der Waals surface area contributed by atoms with Crippen LogP contribution in [0.15, 0.2) is 0 Å². The van der Waals surface area contributed by atoms with Crippen molar-refractivity contribution < 1.29 is 0 Å². The summed E-state index contributed by atoms with van der Waals surface area (Å²) in [6.07, 6.45) is 4.02. The van der Waals surface area contributed by atoms with Crippen molar-refractivity contribution in [1.29, 1.82) is 0 Å². The lowest BCUT2D eigenvalue weighted by atomic mass is 9.86. The molecule has 2 nitrogen and oxygen atoms in total. The summed E-state index contributed by atoms with van der Waals surface area (Å²) in [6, 6.07) is 0.635. The Labute approximate surface area is 95.4 Å². The minimum absolute atomic E-state index is 0.373. The van der Waals surface area contributed by atoms with Crippen LogP contribution in [0.5, 0.6) is 0 Å². The summed E-state index contributed by atoms with van der Waals surface area (Å²) in [7, 11) is 0. The molecular weight excluding hydrogens is 184 g/mol. The Kier molecular flexibility index (Phi) is 5.07. The molecule has 0 aromatic carbocycles. The second-order valence-corrected chi connectivity index (χ2v) is 5.88. The lowest BCUT2D eigenvalue weighted by Gasteiger charge is -2.34. The Morgan fingerprint density at radius 2 is 1.80 bits per heavy atom. The molecule has 15 heavy (non-hydrogen) atoms. The molecule has 1 aliphatic rings. The molecule has 90 valence electrons. The lowest BCUT2D eigenvalue weighted by molar-refractivity contribution is 0.194. The van der Waals surface area contributed by atoms with Gasteiger partial charge in [-0.3, -0.25) is 0 Å². The first-order chi connectivity index (χ1) is 7.04. The first-order valence-corrected chi connectivity index (χ1v) is 6.49. The van der Waals surface area contributed by atoms with E-state index in [0.29, 0.717) is 11.5 Å². The van der Waals surface area contributed by atoms with Gasteiger partial charge >= 0.3 is 0 Å². The zero-order valence-corrected chi connectivity index (χ0v) is 11.0. The van der Waals surface area contributed by atoms with E-state index in [1.165, 1.54) is 38.9 Å². The van der Waals surface area contributed by atoms with Gasteiger partial charge in [-0.25, -0.2) is 0 Å². The summed E-state index contributed by atoms with van der Waals surface area (Å²) in [5, 5.41) is 3.69. The number of hydrogen-bond acceptors (Lipinski definition) is 2. The van der Waals surface area contributed by atoms with E-state index in [9.17, 15) is 0 Å². The largest absolute Gasteiger partial charge is 0.312 e. The van der Waals surface area contributed by atoms with Gasteiger partial charge in [-0.15, -0.1) is 0 Å². The number of nitrogens with one attached hydrogen (secondary N) is 1. The van der Waals surface area contributed by atoms with Crippen LogP contribution < -0.4 is 5.32 Å². The average Bonchev–Trinajstić information content (AvgIpc) is 2.62. The van der Waals surface area contributed by atoms with Gasteiger partial charge in [-0.2, -0.15) is 0 Å². The van der Waals surface area contributed by atoms with E-state index in [0.717, 1.165) is 6.54 Å². The van der Waals surface area contributed by atoms with E-state index >= 15 is 0 Å². The molecule has 1 fully saturated rings. The third kappa shape index (κ3) is 4.52. The molecule has 1 heterocycles. The molecule has 0 spiro atoms. The fourth-order valence-electron chi connectivity index (χ4n) is 2.19. The van der Waals surface area contributed by atoms with Crippen LogP contribution in [0.2, 0.25) is 0 Å². The van der Waals surface area contributed by atoms with Crippen molar-refractivity contribution in [1.82, 2.24) is 10.2 Å². The number of hydrogen-bond donors (Lipinski definition) is 1. The molecule has 1 atom stereocenters. The van der Waals surface area contributed by atoms with Gasteiger partial charge in [0.15, 0.2) is 0 Å². The van der Waals surface area contributed by atoms with Crippen molar-refractivity contribution in [3.8, 4) is 0 Å². The minimum atomic E-state index is 0.373. The Balaban J connectivity index is 2.40. The molecule has 2 heteroatoms. The van der Waals surface area contributed by atoms with Gasteiger partial charge in [-0.05, 0) is 44.3 Å². The maximum absolute atomic E-state index is 3.69. The fourth-order valence-corrected chi connectivity index (χ4v) is 2.19. The molecule has 1 saturated heterocycles. The van der Waals surface area contributed by atoms with Crippen LogP contribution >= 0.6 is 0 Å². The minimum Gasteiger partial charge on any atom is -0.312 e. The van der Waals surface area contributed by atoms with Crippen LogP contribution in [0.1, 0.15) is 47.0 Å². The third-order valence-electron chi connectivity index (χ3n) is 3.33. The van der Waals surface area contributed by atoms with Crippen LogP contribution in [-0.2, 0) is 0 Å². The van der Waals surface area contributed by atoms with E-state index in [1.807, 2.05) is 0 Å². The van der Waals surface area contributed by atoms with Crippen molar-refractivity contribution >= 4 is 0 Å². The standard InChI is InChI=1S/C13H28N2/c1-5-8-14-12(13(2,3)4)11-15-9-6-7-10-15/h12,14H,5-11H2,1-4H3. The van der Waals surface area contributed by atoms with Gasteiger partial charge in [0.1, 0.15) is 0 Å². The van der Waals surface area contributed by atoms with Crippen molar-refractivity contribution in [2.45, 2.75) is 53.0 Å². The van der Waals surface area contributed by atoms with Crippen LogP contribution in [0, 0.1) is 5.41 Å². The number of likely N-dealkylation sites (tertiary alicyclic amines) is 1. The van der Waals surface area contributed by atoms with Crippen LogP contribution in [0.25, 0.3) is 0 Å². The third-order valence-corrected chi connectivity index (χ3v) is 3.33. The quantitative estimate of drug-likeness (QED) is 0.753. The van der Waals surface area contributed by atoms with Gasteiger partial charge in [-0.1, -0.05) is 27.7 Å². The van der Waals surface area contributed by atoms with Crippen LogP contribution in [0.3, 0.4) is 0 Å². The highest BCUT2D eigenvalue weighted by molar-refractivity contribution is 4.84. The molecule has 0 amide bonds. The smallest absolute Gasteiger partial charge is 0.0243 e.